The average Bonchev–Trinajstić information content (AvgIpc) is 3.92. The van der Waals surface area contributed by atoms with E-state index in [-0.39, 0.29) is 0 Å². The third-order valence-corrected chi connectivity index (χ3v) is 11.8. The highest BCUT2D eigenvalue weighted by molar-refractivity contribution is 6.29. The molecule has 0 fully saturated rings. The van der Waals surface area contributed by atoms with Crippen molar-refractivity contribution in [2.24, 2.45) is 0 Å². The molecule has 0 aliphatic heterocycles. The molecule has 3 heteroatoms. The third kappa shape index (κ3) is 4.79. The number of rotatable bonds is 5. The Bertz CT molecular complexity index is 3480. The maximum Gasteiger partial charge on any atom is 0.0548 e. The Morgan fingerprint density at radius 1 is 0.211 bits per heavy atom. The van der Waals surface area contributed by atoms with Crippen molar-refractivity contribution < 1.29 is 0 Å². The molecule has 12 aromatic rings. The second-order valence-electron chi connectivity index (χ2n) is 14.9. The van der Waals surface area contributed by atoms with Crippen molar-refractivity contribution in [3.63, 3.8) is 0 Å². The molecule has 0 radical (unpaired) electrons. The van der Waals surface area contributed by atoms with Gasteiger partial charge in [0.25, 0.3) is 0 Å². The maximum absolute atomic E-state index is 2.43. The van der Waals surface area contributed by atoms with E-state index >= 15 is 0 Å². The summed E-state index contributed by atoms with van der Waals surface area (Å²) in [6, 6.07) is 77.3. The Kier molecular flexibility index (Phi) is 6.93. The molecular weight excluding hydrogens is 691 g/mol. The highest BCUT2D eigenvalue weighted by Crippen LogP contribution is 2.43. The number of hydrogen-bond donors (Lipinski definition) is 0. The zero-order valence-corrected chi connectivity index (χ0v) is 31.0. The molecule has 57 heavy (non-hydrogen) atoms. The molecule has 0 saturated carbocycles. The van der Waals surface area contributed by atoms with Crippen molar-refractivity contribution in [2.75, 3.05) is 0 Å². The fraction of sp³-hybridized carbons (Fsp3) is 0. The predicted octanol–water partition coefficient (Wildman–Crippen LogP) is 14.3. The van der Waals surface area contributed by atoms with Crippen LogP contribution in [0.4, 0.5) is 0 Å². The quantitative estimate of drug-likeness (QED) is 0.168. The number of aromatic nitrogens is 3. The van der Waals surface area contributed by atoms with E-state index in [2.05, 4.69) is 226 Å². The smallest absolute Gasteiger partial charge is 0.0548 e. The van der Waals surface area contributed by atoms with Crippen LogP contribution in [0.15, 0.2) is 212 Å². The highest BCUT2D eigenvalue weighted by Gasteiger charge is 2.21. The van der Waals surface area contributed by atoms with Crippen molar-refractivity contribution in [1.82, 2.24) is 13.7 Å². The van der Waals surface area contributed by atoms with E-state index in [1.807, 2.05) is 0 Å². The molecule has 3 heterocycles. The second-order valence-corrected chi connectivity index (χ2v) is 14.9. The lowest BCUT2D eigenvalue weighted by atomic mass is 9.97. The third-order valence-electron chi connectivity index (χ3n) is 11.8. The molecular formula is C54H35N3. The molecule has 0 spiro atoms. The van der Waals surface area contributed by atoms with Gasteiger partial charge in [-0.1, -0.05) is 127 Å². The fourth-order valence-corrected chi connectivity index (χ4v) is 9.32. The Hall–Kier alpha value is -7.62. The zero-order valence-electron chi connectivity index (χ0n) is 31.0. The SMILES string of the molecule is c1ccc(-n2c3ccccc3c3cc(-c4ccc(-c5ccc6c(c5)c5c7c8ccccc8n(-c8ccccc8)c7ccc5n6-c5ccccc5)cc4)ccc32)cc1. The summed E-state index contributed by atoms with van der Waals surface area (Å²) in [6.45, 7) is 0. The Balaban J connectivity index is 1.03. The summed E-state index contributed by atoms with van der Waals surface area (Å²) in [4.78, 5) is 0. The lowest BCUT2D eigenvalue weighted by Crippen LogP contribution is -1.94. The summed E-state index contributed by atoms with van der Waals surface area (Å²) in [5.41, 5.74) is 15.6. The monoisotopic (exact) mass is 725 g/mol. The molecule has 0 amide bonds. The van der Waals surface area contributed by atoms with Crippen LogP contribution in [0.25, 0.3) is 105 Å². The van der Waals surface area contributed by atoms with Crippen molar-refractivity contribution >= 4 is 65.4 Å². The van der Waals surface area contributed by atoms with Crippen LogP contribution >= 0.6 is 0 Å². The normalized spacial score (nSPS) is 11.9. The van der Waals surface area contributed by atoms with Gasteiger partial charge in [-0.3, -0.25) is 0 Å². The first kappa shape index (κ1) is 31.7. The number of nitrogens with zero attached hydrogens (tertiary/aromatic N) is 3. The minimum Gasteiger partial charge on any atom is -0.309 e. The number of fused-ring (bicyclic) bond motifs is 10. The van der Waals surface area contributed by atoms with Gasteiger partial charge in [-0.25, -0.2) is 0 Å². The van der Waals surface area contributed by atoms with Gasteiger partial charge in [0.1, 0.15) is 0 Å². The van der Waals surface area contributed by atoms with Gasteiger partial charge in [0.2, 0.25) is 0 Å². The summed E-state index contributed by atoms with van der Waals surface area (Å²) in [6.07, 6.45) is 0. The summed E-state index contributed by atoms with van der Waals surface area (Å²) in [5, 5.41) is 7.58. The van der Waals surface area contributed by atoms with E-state index < -0.39 is 0 Å². The Morgan fingerprint density at radius 3 is 1.07 bits per heavy atom. The first-order chi connectivity index (χ1) is 28.3. The maximum atomic E-state index is 2.43. The lowest BCUT2D eigenvalue weighted by molar-refractivity contribution is 1.17. The number of benzene rings is 9. The van der Waals surface area contributed by atoms with E-state index in [1.165, 1.54) is 93.4 Å². The van der Waals surface area contributed by atoms with E-state index in [0.29, 0.717) is 0 Å². The molecule has 0 aliphatic rings. The number of para-hydroxylation sites is 5. The molecule has 0 N–H and O–H groups in total. The van der Waals surface area contributed by atoms with Crippen molar-refractivity contribution in [3.05, 3.63) is 212 Å². The van der Waals surface area contributed by atoms with Gasteiger partial charge in [0.15, 0.2) is 0 Å². The van der Waals surface area contributed by atoms with Crippen LogP contribution in [0.5, 0.6) is 0 Å². The van der Waals surface area contributed by atoms with Gasteiger partial charge in [-0.2, -0.15) is 0 Å². The minimum atomic E-state index is 1.16. The van der Waals surface area contributed by atoms with Gasteiger partial charge >= 0.3 is 0 Å². The standard InChI is InChI=1S/C54H35N3/c1-4-14-40(15-5-1)55-47-22-12-10-20-43(47)45-34-38(28-30-49(45)55)36-24-26-37(27-25-36)39-29-31-50-46(35-39)54-52(57(50)42-18-8-3-9-19-42)33-32-51-53(54)44-21-11-13-23-48(44)56(51)41-16-6-2-7-17-41/h1-35H. The first-order valence-electron chi connectivity index (χ1n) is 19.6. The summed E-state index contributed by atoms with van der Waals surface area (Å²) < 4.78 is 7.21. The van der Waals surface area contributed by atoms with Gasteiger partial charge < -0.3 is 13.7 Å². The van der Waals surface area contributed by atoms with Crippen LogP contribution in [-0.2, 0) is 0 Å². The Labute approximate surface area is 329 Å². The van der Waals surface area contributed by atoms with Crippen LogP contribution in [0, 0.1) is 0 Å². The molecule has 266 valence electrons. The summed E-state index contributed by atoms with van der Waals surface area (Å²) in [7, 11) is 0. The lowest BCUT2D eigenvalue weighted by Gasteiger charge is -2.09. The molecule has 0 unspecified atom stereocenters. The summed E-state index contributed by atoms with van der Waals surface area (Å²) in [5.74, 6) is 0. The van der Waals surface area contributed by atoms with E-state index in [0.717, 1.165) is 11.4 Å². The van der Waals surface area contributed by atoms with Crippen LogP contribution < -0.4 is 0 Å². The molecule has 0 aliphatic carbocycles. The van der Waals surface area contributed by atoms with Crippen molar-refractivity contribution in [3.8, 4) is 39.3 Å². The fourth-order valence-electron chi connectivity index (χ4n) is 9.32. The zero-order chi connectivity index (χ0) is 37.5. The number of hydrogen-bond acceptors (Lipinski definition) is 0. The van der Waals surface area contributed by atoms with Crippen LogP contribution in [-0.4, -0.2) is 13.7 Å². The van der Waals surface area contributed by atoms with Crippen LogP contribution in [0.2, 0.25) is 0 Å². The topological polar surface area (TPSA) is 14.8 Å². The summed E-state index contributed by atoms with van der Waals surface area (Å²) >= 11 is 0. The average molecular weight is 726 g/mol. The second kappa shape index (κ2) is 12.5. The minimum absolute atomic E-state index is 1.16. The molecule has 9 aromatic carbocycles. The van der Waals surface area contributed by atoms with E-state index in [9.17, 15) is 0 Å². The largest absolute Gasteiger partial charge is 0.309 e. The van der Waals surface area contributed by atoms with E-state index in [4.69, 9.17) is 0 Å². The highest BCUT2D eigenvalue weighted by atomic mass is 15.0. The van der Waals surface area contributed by atoms with E-state index in [1.54, 1.807) is 0 Å². The van der Waals surface area contributed by atoms with Gasteiger partial charge in [0, 0.05) is 49.4 Å². The van der Waals surface area contributed by atoms with Gasteiger partial charge in [0.05, 0.1) is 33.1 Å². The Morgan fingerprint density at radius 2 is 0.544 bits per heavy atom. The molecule has 3 aromatic heterocycles. The first-order valence-corrected chi connectivity index (χ1v) is 19.6. The van der Waals surface area contributed by atoms with Crippen molar-refractivity contribution in [2.45, 2.75) is 0 Å². The molecule has 0 saturated heterocycles. The van der Waals surface area contributed by atoms with Crippen LogP contribution in [0.1, 0.15) is 0 Å². The van der Waals surface area contributed by atoms with Crippen LogP contribution in [0.3, 0.4) is 0 Å². The molecule has 0 atom stereocenters. The molecule has 0 bridgehead atoms. The molecule has 3 nitrogen and oxygen atoms in total. The molecule has 12 rings (SSSR count). The predicted molar refractivity (Wildman–Crippen MR) is 240 cm³/mol. The van der Waals surface area contributed by atoms with Gasteiger partial charge in [-0.05, 0) is 107 Å². The van der Waals surface area contributed by atoms with Gasteiger partial charge in [-0.15, -0.1) is 0 Å². The van der Waals surface area contributed by atoms with Crippen molar-refractivity contribution in [1.29, 1.82) is 0 Å².